The van der Waals surface area contributed by atoms with Gasteiger partial charge in [-0.25, -0.2) is 13.1 Å². The molecule has 0 aromatic rings. The molecule has 6 heteroatoms. The van der Waals surface area contributed by atoms with Crippen LogP contribution in [0.5, 0.6) is 0 Å². The lowest BCUT2D eigenvalue weighted by atomic mass is 10.4. The second kappa shape index (κ2) is 8.33. The van der Waals surface area contributed by atoms with Gasteiger partial charge in [-0.3, -0.25) is 0 Å². The summed E-state index contributed by atoms with van der Waals surface area (Å²) in [4.78, 5) is 0. The Labute approximate surface area is 104 Å². The van der Waals surface area contributed by atoms with Gasteiger partial charge in [0.1, 0.15) is 0 Å². The van der Waals surface area contributed by atoms with Crippen LogP contribution in [-0.4, -0.2) is 44.8 Å². The maximum Gasteiger partial charge on any atom is 0.211 e. The summed E-state index contributed by atoms with van der Waals surface area (Å²) in [5.74, 6) is 1.01. The van der Waals surface area contributed by atoms with Crippen molar-refractivity contribution in [1.29, 1.82) is 0 Å². The van der Waals surface area contributed by atoms with E-state index in [4.69, 9.17) is 0 Å². The van der Waals surface area contributed by atoms with E-state index in [2.05, 4.69) is 10.0 Å². The minimum atomic E-state index is -3.10. The summed E-state index contributed by atoms with van der Waals surface area (Å²) < 4.78 is 25.9. The van der Waals surface area contributed by atoms with Gasteiger partial charge in [0.05, 0.1) is 5.75 Å². The Morgan fingerprint density at radius 2 is 1.88 bits per heavy atom. The summed E-state index contributed by atoms with van der Waals surface area (Å²) in [6.07, 6.45) is 2.62. The summed E-state index contributed by atoms with van der Waals surface area (Å²) in [6.45, 7) is 6.73. The van der Waals surface area contributed by atoms with Gasteiger partial charge in [0.15, 0.2) is 0 Å². The first-order valence-corrected chi connectivity index (χ1v) is 8.64. The molecule has 0 aromatic heterocycles. The molecule has 0 saturated heterocycles. The number of thioether (sulfide) groups is 1. The van der Waals surface area contributed by atoms with Crippen molar-refractivity contribution in [2.75, 3.05) is 24.3 Å². The lowest BCUT2D eigenvalue weighted by Crippen LogP contribution is -2.36. The van der Waals surface area contributed by atoms with Crippen LogP contribution in [-0.2, 0) is 10.0 Å². The molecule has 0 saturated carbocycles. The van der Waals surface area contributed by atoms with Crippen LogP contribution >= 0.6 is 11.8 Å². The maximum absolute atomic E-state index is 11.6. The smallest absolute Gasteiger partial charge is 0.211 e. The SMILES string of the molecule is CSCC(C)NS(=O)(=O)CCCNC(C)C. The first kappa shape index (κ1) is 16.2. The summed E-state index contributed by atoms with van der Waals surface area (Å²) in [7, 11) is -3.10. The summed E-state index contributed by atoms with van der Waals surface area (Å²) in [6, 6.07) is 0.420. The van der Waals surface area contributed by atoms with E-state index in [1.807, 2.05) is 27.0 Å². The summed E-state index contributed by atoms with van der Waals surface area (Å²) in [5.41, 5.74) is 0. The van der Waals surface area contributed by atoms with Crippen LogP contribution in [0.25, 0.3) is 0 Å². The molecular weight excluding hydrogens is 244 g/mol. The molecule has 0 aliphatic carbocycles. The molecule has 0 aliphatic heterocycles. The molecule has 1 unspecified atom stereocenters. The van der Waals surface area contributed by atoms with E-state index in [9.17, 15) is 8.42 Å². The normalized spacial score (nSPS) is 14.3. The molecule has 4 nitrogen and oxygen atoms in total. The highest BCUT2D eigenvalue weighted by Crippen LogP contribution is 1.99. The van der Waals surface area contributed by atoms with E-state index in [1.165, 1.54) is 0 Å². The third-order valence-corrected chi connectivity index (χ3v) is 4.36. The van der Waals surface area contributed by atoms with Crippen molar-refractivity contribution in [2.24, 2.45) is 0 Å². The molecule has 0 aliphatic rings. The fourth-order valence-corrected chi connectivity index (χ4v) is 3.33. The van der Waals surface area contributed by atoms with Crippen LogP contribution in [0, 0.1) is 0 Å². The van der Waals surface area contributed by atoms with E-state index in [1.54, 1.807) is 11.8 Å². The van der Waals surface area contributed by atoms with Gasteiger partial charge < -0.3 is 5.32 Å². The van der Waals surface area contributed by atoms with Crippen molar-refractivity contribution in [3.8, 4) is 0 Å². The molecule has 0 amide bonds. The summed E-state index contributed by atoms with van der Waals surface area (Å²) in [5, 5.41) is 3.20. The van der Waals surface area contributed by atoms with Gasteiger partial charge in [-0.2, -0.15) is 11.8 Å². The van der Waals surface area contributed by atoms with Crippen LogP contribution < -0.4 is 10.0 Å². The Morgan fingerprint density at radius 3 is 2.38 bits per heavy atom. The monoisotopic (exact) mass is 268 g/mol. The first-order valence-electron chi connectivity index (χ1n) is 5.59. The van der Waals surface area contributed by atoms with Crippen LogP contribution in [0.3, 0.4) is 0 Å². The molecule has 0 spiro atoms. The molecular formula is C10H24N2O2S2. The zero-order chi connectivity index (χ0) is 12.6. The predicted molar refractivity (Wildman–Crippen MR) is 72.5 cm³/mol. The third-order valence-electron chi connectivity index (χ3n) is 1.94. The van der Waals surface area contributed by atoms with Crippen LogP contribution in [0.2, 0.25) is 0 Å². The Balaban J connectivity index is 3.79. The standard InChI is InChI=1S/C10H24N2O2S2/c1-9(2)11-6-5-7-16(13,14)12-10(3)8-15-4/h9-12H,5-8H2,1-4H3. The average molecular weight is 268 g/mol. The predicted octanol–water partition coefficient (Wildman–Crippen LogP) is 1.05. The zero-order valence-corrected chi connectivity index (χ0v) is 12.2. The molecule has 0 heterocycles. The molecule has 0 rings (SSSR count). The summed E-state index contributed by atoms with van der Waals surface area (Å²) >= 11 is 1.64. The second-order valence-corrected chi connectivity index (χ2v) is 7.04. The lowest BCUT2D eigenvalue weighted by molar-refractivity contribution is 0.554. The Morgan fingerprint density at radius 1 is 1.25 bits per heavy atom. The molecule has 98 valence electrons. The molecule has 0 aromatic carbocycles. The van der Waals surface area contributed by atoms with E-state index >= 15 is 0 Å². The highest BCUT2D eigenvalue weighted by Gasteiger charge is 2.13. The number of rotatable bonds is 9. The largest absolute Gasteiger partial charge is 0.314 e. The second-order valence-electron chi connectivity index (χ2n) is 4.26. The van der Waals surface area contributed by atoms with Crippen molar-refractivity contribution in [2.45, 2.75) is 39.3 Å². The fourth-order valence-electron chi connectivity index (χ4n) is 1.30. The van der Waals surface area contributed by atoms with Crippen molar-refractivity contribution >= 4 is 21.8 Å². The maximum atomic E-state index is 11.6. The highest BCUT2D eigenvalue weighted by atomic mass is 32.2. The Kier molecular flexibility index (Phi) is 8.45. The first-order chi connectivity index (χ1) is 7.37. The molecule has 1 atom stereocenters. The van der Waals surface area contributed by atoms with Crippen molar-refractivity contribution < 1.29 is 8.42 Å². The topological polar surface area (TPSA) is 58.2 Å². The zero-order valence-electron chi connectivity index (χ0n) is 10.6. The van der Waals surface area contributed by atoms with Crippen molar-refractivity contribution in [3.05, 3.63) is 0 Å². The Hall–Kier alpha value is 0.220. The van der Waals surface area contributed by atoms with Gasteiger partial charge in [-0.1, -0.05) is 13.8 Å². The van der Waals surface area contributed by atoms with Crippen molar-refractivity contribution in [3.63, 3.8) is 0 Å². The Bertz CT molecular complexity index is 266. The molecule has 0 bridgehead atoms. The van der Waals surface area contributed by atoms with Crippen molar-refractivity contribution in [1.82, 2.24) is 10.0 Å². The minimum absolute atomic E-state index is 0.0121. The van der Waals surface area contributed by atoms with Gasteiger partial charge in [0.25, 0.3) is 0 Å². The molecule has 0 fully saturated rings. The third kappa shape index (κ3) is 9.45. The van der Waals surface area contributed by atoms with Gasteiger partial charge in [0, 0.05) is 17.8 Å². The molecule has 16 heavy (non-hydrogen) atoms. The van der Waals surface area contributed by atoms with Gasteiger partial charge in [0.2, 0.25) is 10.0 Å². The average Bonchev–Trinajstić information content (AvgIpc) is 2.11. The van der Waals surface area contributed by atoms with E-state index < -0.39 is 10.0 Å². The lowest BCUT2D eigenvalue weighted by Gasteiger charge is -2.13. The molecule has 2 N–H and O–H groups in total. The fraction of sp³-hybridized carbons (Fsp3) is 1.00. The molecule has 0 radical (unpaired) electrons. The van der Waals surface area contributed by atoms with E-state index in [0.29, 0.717) is 12.5 Å². The number of hydrogen-bond donors (Lipinski definition) is 2. The number of sulfonamides is 1. The number of nitrogens with one attached hydrogen (secondary N) is 2. The van der Waals surface area contributed by atoms with E-state index in [0.717, 1.165) is 12.3 Å². The van der Waals surface area contributed by atoms with Gasteiger partial charge in [-0.05, 0) is 26.1 Å². The van der Waals surface area contributed by atoms with Crippen LogP contribution in [0.15, 0.2) is 0 Å². The quantitative estimate of drug-likeness (QED) is 0.614. The van der Waals surface area contributed by atoms with E-state index in [-0.39, 0.29) is 11.8 Å². The van der Waals surface area contributed by atoms with Gasteiger partial charge >= 0.3 is 0 Å². The van der Waals surface area contributed by atoms with Crippen LogP contribution in [0.1, 0.15) is 27.2 Å². The minimum Gasteiger partial charge on any atom is -0.314 e. The van der Waals surface area contributed by atoms with Gasteiger partial charge in [-0.15, -0.1) is 0 Å². The van der Waals surface area contributed by atoms with Crippen LogP contribution in [0.4, 0.5) is 0 Å². The number of hydrogen-bond acceptors (Lipinski definition) is 4. The highest BCUT2D eigenvalue weighted by molar-refractivity contribution is 7.98.